The van der Waals surface area contributed by atoms with Crippen molar-refractivity contribution in [1.82, 2.24) is 30.0 Å². The Bertz CT molecular complexity index is 1300. The Morgan fingerprint density at radius 3 is 2.50 bits per heavy atom. The summed E-state index contributed by atoms with van der Waals surface area (Å²) in [7, 11) is 0. The van der Waals surface area contributed by atoms with Crippen molar-refractivity contribution in [1.29, 1.82) is 0 Å². The number of benzene rings is 2. The summed E-state index contributed by atoms with van der Waals surface area (Å²) in [6.07, 6.45) is 0. The number of aromatic nitrogens is 6. The third-order valence-electron chi connectivity index (χ3n) is 4.38. The molecule has 4 aromatic rings. The molecule has 10 heteroatoms. The maximum atomic E-state index is 14.2. The van der Waals surface area contributed by atoms with E-state index in [0.29, 0.717) is 17.2 Å². The highest BCUT2D eigenvalue weighted by Crippen LogP contribution is 2.19. The van der Waals surface area contributed by atoms with Crippen LogP contribution < -0.4 is 10.7 Å². The predicted octanol–water partition coefficient (Wildman–Crippen LogP) is 2.22. The van der Waals surface area contributed by atoms with E-state index in [1.165, 1.54) is 33.6 Å². The normalized spacial score (nSPS) is 10.8. The third-order valence-corrected chi connectivity index (χ3v) is 4.38. The Morgan fingerprint density at radius 2 is 1.80 bits per heavy atom. The average molecular weight is 405 g/mol. The van der Waals surface area contributed by atoms with Crippen molar-refractivity contribution in [2.24, 2.45) is 0 Å². The number of nitrogens with one attached hydrogen (secondary N) is 1. The highest BCUT2D eigenvalue weighted by molar-refractivity contribution is 6.02. The van der Waals surface area contributed by atoms with Crippen LogP contribution in [0.3, 0.4) is 0 Å². The smallest absolute Gasteiger partial charge is 0.280 e. The molecule has 2 aromatic carbocycles. The number of halogens is 1. The van der Waals surface area contributed by atoms with Crippen molar-refractivity contribution in [3.63, 3.8) is 0 Å². The number of carbonyl (C=O) groups is 1. The first kappa shape index (κ1) is 19.1. The molecule has 0 aliphatic heterocycles. The molecule has 1 N–H and O–H groups in total. The SMILES string of the molecule is Cc1cc(=O)c(C(=O)Nc2ccc(F)c(-n3nnnc3C)c2)nn1-c1ccccc1. The van der Waals surface area contributed by atoms with E-state index in [2.05, 4.69) is 25.9 Å². The zero-order valence-corrected chi connectivity index (χ0v) is 16.1. The fourth-order valence-electron chi connectivity index (χ4n) is 2.93. The molecule has 2 heterocycles. The van der Waals surface area contributed by atoms with Crippen LogP contribution in [0, 0.1) is 19.7 Å². The van der Waals surface area contributed by atoms with Crippen molar-refractivity contribution in [3.8, 4) is 11.4 Å². The van der Waals surface area contributed by atoms with E-state index >= 15 is 0 Å². The predicted molar refractivity (Wildman–Crippen MR) is 106 cm³/mol. The lowest BCUT2D eigenvalue weighted by Crippen LogP contribution is -2.27. The quantitative estimate of drug-likeness (QED) is 0.558. The molecule has 0 unspecified atom stereocenters. The largest absolute Gasteiger partial charge is 0.320 e. The molecule has 1 amide bonds. The van der Waals surface area contributed by atoms with Gasteiger partial charge in [-0.1, -0.05) is 18.2 Å². The summed E-state index contributed by atoms with van der Waals surface area (Å²) in [6.45, 7) is 3.34. The molecule has 0 radical (unpaired) electrons. The summed E-state index contributed by atoms with van der Waals surface area (Å²) in [4.78, 5) is 25.1. The topological polar surface area (TPSA) is 108 Å². The van der Waals surface area contributed by atoms with E-state index in [4.69, 9.17) is 0 Å². The minimum absolute atomic E-state index is 0.0638. The van der Waals surface area contributed by atoms with Gasteiger partial charge in [-0.05, 0) is 54.6 Å². The molecule has 0 aliphatic rings. The first-order valence-electron chi connectivity index (χ1n) is 8.96. The maximum absolute atomic E-state index is 14.2. The Labute approximate surface area is 169 Å². The Kier molecular flexibility index (Phi) is 4.88. The molecule has 9 nitrogen and oxygen atoms in total. The summed E-state index contributed by atoms with van der Waals surface area (Å²) >= 11 is 0. The van der Waals surface area contributed by atoms with E-state index in [-0.39, 0.29) is 17.1 Å². The van der Waals surface area contributed by atoms with Crippen molar-refractivity contribution in [2.75, 3.05) is 5.32 Å². The average Bonchev–Trinajstić information content (AvgIpc) is 3.15. The van der Waals surface area contributed by atoms with Crippen LogP contribution in [0.2, 0.25) is 0 Å². The van der Waals surface area contributed by atoms with E-state index in [0.717, 1.165) is 0 Å². The minimum Gasteiger partial charge on any atom is -0.320 e. The lowest BCUT2D eigenvalue weighted by Gasteiger charge is -2.12. The molecule has 0 bridgehead atoms. The molecule has 0 saturated carbocycles. The van der Waals surface area contributed by atoms with E-state index < -0.39 is 17.2 Å². The van der Waals surface area contributed by atoms with Crippen LogP contribution in [0.15, 0.2) is 59.4 Å². The van der Waals surface area contributed by atoms with Gasteiger partial charge >= 0.3 is 0 Å². The minimum atomic E-state index is -0.712. The molecule has 0 spiro atoms. The summed E-state index contributed by atoms with van der Waals surface area (Å²) < 4.78 is 16.9. The van der Waals surface area contributed by atoms with E-state index in [9.17, 15) is 14.0 Å². The van der Waals surface area contributed by atoms with E-state index in [1.807, 2.05) is 30.3 Å². The highest BCUT2D eigenvalue weighted by Gasteiger charge is 2.17. The van der Waals surface area contributed by atoms with Gasteiger partial charge in [0.1, 0.15) is 11.5 Å². The maximum Gasteiger partial charge on any atom is 0.280 e. The molecule has 2 aromatic heterocycles. The van der Waals surface area contributed by atoms with Gasteiger partial charge in [-0.15, -0.1) is 5.10 Å². The molecule has 150 valence electrons. The number of carbonyl (C=O) groups excluding carboxylic acids is 1. The second-order valence-electron chi connectivity index (χ2n) is 6.50. The highest BCUT2D eigenvalue weighted by atomic mass is 19.1. The molecular weight excluding hydrogens is 389 g/mol. The number of hydrogen-bond acceptors (Lipinski definition) is 6. The van der Waals surface area contributed by atoms with Gasteiger partial charge in [0.05, 0.1) is 5.69 Å². The number of hydrogen-bond donors (Lipinski definition) is 1. The van der Waals surface area contributed by atoms with Gasteiger partial charge in [-0.25, -0.2) is 9.07 Å². The summed E-state index contributed by atoms with van der Waals surface area (Å²) in [5.74, 6) is -0.901. The number of aryl methyl sites for hydroxylation is 2. The first-order valence-corrected chi connectivity index (χ1v) is 8.96. The zero-order valence-electron chi connectivity index (χ0n) is 16.1. The number of anilines is 1. The number of rotatable bonds is 4. The lowest BCUT2D eigenvalue weighted by molar-refractivity contribution is 0.101. The lowest BCUT2D eigenvalue weighted by atomic mass is 10.2. The van der Waals surface area contributed by atoms with Gasteiger partial charge in [-0.3, -0.25) is 9.59 Å². The number of para-hydroxylation sites is 1. The fraction of sp³-hybridized carbons (Fsp3) is 0.100. The van der Waals surface area contributed by atoms with Crippen LogP contribution in [0.5, 0.6) is 0 Å². The zero-order chi connectivity index (χ0) is 21.3. The summed E-state index contributed by atoms with van der Waals surface area (Å²) in [5, 5.41) is 17.8. The van der Waals surface area contributed by atoms with Gasteiger partial charge in [0.15, 0.2) is 11.5 Å². The molecule has 30 heavy (non-hydrogen) atoms. The van der Waals surface area contributed by atoms with Crippen LogP contribution in [0.1, 0.15) is 22.0 Å². The van der Waals surface area contributed by atoms with Crippen molar-refractivity contribution in [2.45, 2.75) is 13.8 Å². The van der Waals surface area contributed by atoms with Crippen molar-refractivity contribution < 1.29 is 9.18 Å². The molecular formula is C20H16FN7O2. The number of amides is 1. The molecule has 0 aliphatic carbocycles. The van der Waals surface area contributed by atoms with Crippen LogP contribution >= 0.6 is 0 Å². The van der Waals surface area contributed by atoms with Crippen molar-refractivity contribution >= 4 is 11.6 Å². The first-order chi connectivity index (χ1) is 14.4. The second kappa shape index (κ2) is 7.66. The van der Waals surface area contributed by atoms with Gasteiger partial charge in [0.2, 0.25) is 5.43 Å². The molecule has 0 atom stereocenters. The summed E-state index contributed by atoms with van der Waals surface area (Å²) in [5.41, 5.74) is 0.821. The fourth-order valence-corrected chi connectivity index (χ4v) is 2.93. The van der Waals surface area contributed by atoms with Gasteiger partial charge < -0.3 is 5.32 Å². The van der Waals surface area contributed by atoms with Crippen LogP contribution in [-0.2, 0) is 0 Å². The molecule has 0 fully saturated rings. The second-order valence-corrected chi connectivity index (χ2v) is 6.50. The summed E-state index contributed by atoms with van der Waals surface area (Å²) in [6, 6.07) is 14.4. The number of nitrogens with zero attached hydrogens (tertiary/aromatic N) is 6. The number of tetrazole rings is 1. The van der Waals surface area contributed by atoms with Crippen LogP contribution in [0.25, 0.3) is 11.4 Å². The Hall–Kier alpha value is -4.21. The Balaban J connectivity index is 1.68. The van der Waals surface area contributed by atoms with Crippen LogP contribution in [0.4, 0.5) is 10.1 Å². The van der Waals surface area contributed by atoms with E-state index in [1.54, 1.807) is 13.8 Å². The standard InChI is InChI=1S/C20H16FN7O2/c1-12-10-18(29)19(24-27(12)15-6-4-3-5-7-15)20(30)22-14-8-9-16(21)17(11-14)28-13(2)23-25-26-28/h3-11H,1-2H3,(H,22,30). The van der Waals surface area contributed by atoms with Gasteiger partial charge in [0, 0.05) is 17.4 Å². The van der Waals surface area contributed by atoms with Gasteiger partial charge in [-0.2, -0.15) is 9.78 Å². The molecule has 4 rings (SSSR count). The third kappa shape index (κ3) is 3.58. The van der Waals surface area contributed by atoms with Crippen molar-refractivity contribution in [3.05, 3.63) is 87.9 Å². The monoisotopic (exact) mass is 405 g/mol. The Morgan fingerprint density at radius 1 is 1.03 bits per heavy atom. The molecule has 0 saturated heterocycles. The van der Waals surface area contributed by atoms with Crippen LogP contribution in [-0.4, -0.2) is 35.9 Å². The van der Waals surface area contributed by atoms with Gasteiger partial charge in [0.25, 0.3) is 5.91 Å².